The van der Waals surface area contributed by atoms with Crippen LogP contribution in [0.15, 0.2) is 59.1 Å². The highest BCUT2D eigenvalue weighted by Crippen LogP contribution is 2.16. The van der Waals surface area contributed by atoms with E-state index in [0.717, 1.165) is 15.8 Å². The Morgan fingerprint density at radius 1 is 1.17 bits per heavy atom. The van der Waals surface area contributed by atoms with E-state index < -0.39 is 0 Å². The van der Waals surface area contributed by atoms with Crippen LogP contribution in [0.2, 0.25) is 0 Å². The van der Waals surface area contributed by atoms with Gasteiger partial charge in [0.1, 0.15) is 12.4 Å². The summed E-state index contributed by atoms with van der Waals surface area (Å²) in [5, 5.41) is 0. The summed E-state index contributed by atoms with van der Waals surface area (Å²) in [6.07, 6.45) is 0.290. The maximum atomic E-state index is 12.2. The first-order chi connectivity index (χ1) is 11.1. The number of halogens is 2. The molecule has 1 amide bonds. The summed E-state index contributed by atoms with van der Waals surface area (Å²) >= 11 is 3.38. The smallest absolute Gasteiger partial charge is 0.224 e. The van der Waals surface area contributed by atoms with Crippen LogP contribution in [-0.4, -0.2) is 31.0 Å². The molecule has 2 N–H and O–H groups in total. The van der Waals surface area contributed by atoms with Crippen molar-refractivity contribution in [2.24, 2.45) is 5.73 Å². The molecule has 6 heteroatoms. The Bertz CT molecular complexity index is 623. The number of likely N-dealkylation sites (N-methyl/N-ethyl adjacent to an activating group) is 1. The first kappa shape index (κ1) is 20.5. The first-order valence-corrected chi connectivity index (χ1v) is 8.28. The summed E-state index contributed by atoms with van der Waals surface area (Å²) < 4.78 is 6.63. The Balaban J connectivity index is 0.00000288. The second-order valence-electron chi connectivity index (χ2n) is 5.34. The molecule has 0 aliphatic heterocycles. The molecule has 24 heavy (non-hydrogen) atoms. The average molecular weight is 414 g/mol. The molecule has 2 aromatic rings. The molecule has 2 rings (SSSR count). The Kier molecular flexibility index (Phi) is 8.82. The van der Waals surface area contributed by atoms with E-state index in [0.29, 0.717) is 19.6 Å². The SMILES string of the molecule is CN(CCOc1ccc(Br)cc1)C(=O)CC(N)c1ccccc1.Cl. The lowest BCUT2D eigenvalue weighted by Crippen LogP contribution is -2.33. The van der Waals surface area contributed by atoms with Gasteiger partial charge in [-0.2, -0.15) is 0 Å². The molecule has 0 aliphatic carbocycles. The van der Waals surface area contributed by atoms with Crippen molar-refractivity contribution >= 4 is 34.2 Å². The molecule has 0 saturated heterocycles. The van der Waals surface area contributed by atoms with Crippen LogP contribution in [0, 0.1) is 0 Å². The highest BCUT2D eigenvalue weighted by molar-refractivity contribution is 9.10. The van der Waals surface area contributed by atoms with Gasteiger partial charge in [-0.15, -0.1) is 12.4 Å². The molecule has 0 aliphatic rings. The van der Waals surface area contributed by atoms with Gasteiger partial charge in [0.05, 0.1) is 6.54 Å². The lowest BCUT2D eigenvalue weighted by Gasteiger charge is -2.20. The van der Waals surface area contributed by atoms with E-state index in [2.05, 4.69) is 15.9 Å². The standard InChI is InChI=1S/C18H21BrN2O2.ClH/c1-21(11-12-23-16-9-7-15(19)8-10-16)18(22)13-17(20)14-5-3-2-4-6-14;/h2-10,17H,11-13,20H2,1H3;1H. The summed E-state index contributed by atoms with van der Waals surface area (Å²) in [6, 6.07) is 17.0. The second-order valence-corrected chi connectivity index (χ2v) is 6.25. The van der Waals surface area contributed by atoms with Gasteiger partial charge in [0, 0.05) is 24.0 Å². The minimum absolute atomic E-state index is 0. The fraction of sp³-hybridized carbons (Fsp3) is 0.278. The van der Waals surface area contributed by atoms with E-state index in [4.69, 9.17) is 10.5 Å². The molecule has 2 aromatic carbocycles. The van der Waals surface area contributed by atoms with Crippen LogP contribution in [0.25, 0.3) is 0 Å². The fourth-order valence-electron chi connectivity index (χ4n) is 2.12. The maximum absolute atomic E-state index is 12.2. The van der Waals surface area contributed by atoms with Crippen LogP contribution in [-0.2, 0) is 4.79 Å². The van der Waals surface area contributed by atoms with Crippen LogP contribution >= 0.6 is 28.3 Å². The van der Waals surface area contributed by atoms with Gasteiger partial charge < -0.3 is 15.4 Å². The molecule has 0 aromatic heterocycles. The summed E-state index contributed by atoms with van der Waals surface area (Å²) in [4.78, 5) is 13.9. The lowest BCUT2D eigenvalue weighted by atomic mass is 10.0. The third-order valence-electron chi connectivity index (χ3n) is 3.56. The Hall–Kier alpha value is -1.56. The van der Waals surface area contributed by atoms with E-state index in [1.807, 2.05) is 54.6 Å². The third-order valence-corrected chi connectivity index (χ3v) is 4.09. The van der Waals surface area contributed by atoms with Crippen molar-refractivity contribution in [3.8, 4) is 5.75 Å². The molecule has 0 saturated carbocycles. The van der Waals surface area contributed by atoms with Gasteiger partial charge in [0.25, 0.3) is 0 Å². The van der Waals surface area contributed by atoms with Gasteiger partial charge in [0.15, 0.2) is 0 Å². The number of carbonyl (C=O) groups is 1. The Morgan fingerprint density at radius 2 is 1.79 bits per heavy atom. The zero-order valence-corrected chi connectivity index (χ0v) is 15.9. The summed E-state index contributed by atoms with van der Waals surface area (Å²) in [6.45, 7) is 0.973. The van der Waals surface area contributed by atoms with Gasteiger partial charge in [0.2, 0.25) is 5.91 Å². The molecule has 1 atom stereocenters. The molecule has 130 valence electrons. The molecule has 0 radical (unpaired) electrons. The predicted octanol–water partition coefficient (Wildman–Crippen LogP) is 3.80. The lowest BCUT2D eigenvalue weighted by molar-refractivity contribution is -0.130. The Labute approximate surface area is 157 Å². The minimum Gasteiger partial charge on any atom is -0.492 e. The molecular formula is C18H22BrClN2O2. The van der Waals surface area contributed by atoms with E-state index in [-0.39, 0.29) is 24.4 Å². The molecule has 1 unspecified atom stereocenters. The zero-order valence-electron chi connectivity index (χ0n) is 13.5. The largest absolute Gasteiger partial charge is 0.492 e. The van der Waals surface area contributed by atoms with Crippen LogP contribution in [0.1, 0.15) is 18.0 Å². The van der Waals surface area contributed by atoms with Crippen LogP contribution in [0.4, 0.5) is 0 Å². The van der Waals surface area contributed by atoms with Gasteiger partial charge in [-0.25, -0.2) is 0 Å². The number of nitrogens with two attached hydrogens (primary N) is 1. The molecule has 0 heterocycles. The topological polar surface area (TPSA) is 55.6 Å². The van der Waals surface area contributed by atoms with Gasteiger partial charge in [-0.1, -0.05) is 46.3 Å². The van der Waals surface area contributed by atoms with Gasteiger partial charge >= 0.3 is 0 Å². The molecule has 0 bridgehead atoms. The monoisotopic (exact) mass is 412 g/mol. The number of rotatable bonds is 7. The molecule has 0 fully saturated rings. The predicted molar refractivity (Wildman–Crippen MR) is 103 cm³/mol. The van der Waals surface area contributed by atoms with Crippen molar-refractivity contribution in [3.63, 3.8) is 0 Å². The highest BCUT2D eigenvalue weighted by Gasteiger charge is 2.15. The molecule has 4 nitrogen and oxygen atoms in total. The minimum atomic E-state index is -0.279. The number of hydrogen-bond donors (Lipinski definition) is 1. The summed E-state index contributed by atoms with van der Waals surface area (Å²) in [5.41, 5.74) is 7.06. The van der Waals surface area contributed by atoms with Crippen LogP contribution in [0.5, 0.6) is 5.75 Å². The number of ether oxygens (including phenoxy) is 1. The molecular weight excluding hydrogens is 392 g/mol. The fourth-order valence-corrected chi connectivity index (χ4v) is 2.38. The van der Waals surface area contributed by atoms with Crippen molar-refractivity contribution < 1.29 is 9.53 Å². The number of benzene rings is 2. The van der Waals surface area contributed by atoms with E-state index in [9.17, 15) is 4.79 Å². The van der Waals surface area contributed by atoms with E-state index in [1.54, 1.807) is 11.9 Å². The third kappa shape index (κ3) is 6.51. The van der Waals surface area contributed by atoms with Crippen LogP contribution < -0.4 is 10.5 Å². The average Bonchev–Trinajstić information content (AvgIpc) is 2.57. The summed E-state index contributed by atoms with van der Waals surface area (Å²) in [5.74, 6) is 0.802. The number of carbonyl (C=O) groups excluding carboxylic acids is 1. The Morgan fingerprint density at radius 3 is 2.42 bits per heavy atom. The van der Waals surface area contributed by atoms with Crippen molar-refractivity contribution in [1.82, 2.24) is 4.90 Å². The van der Waals surface area contributed by atoms with E-state index >= 15 is 0 Å². The van der Waals surface area contributed by atoms with Gasteiger partial charge in [-0.3, -0.25) is 4.79 Å². The van der Waals surface area contributed by atoms with E-state index in [1.165, 1.54) is 0 Å². The van der Waals surface area contributed by atoms with Gasteiger partial charge in [-0.05, 0) is 29.8 Å². The van der Waals surface area contributed by atoms with Crippen molar-refractivity contribution in [2.45, 2.75) is 12.5 Å². The number of nitrogens with zero attached hydrogens (tertiary/aromatic N) is 1. The quantitative estimate of drug-likeness (QED) is 0.751. The van der Waals surface area contributed by atoms with Crippen LogP contribution in [0.3, 0.4) is 0 Å². The second kappa shape index (κ2) is 10.3. The number of hydrogen-bond acceptors (Lipinski definition) is 3. The van der Waals surface area contributed by atoms with Crippen molar-refractivity contribution in [1.29, 1.82) is 0 Å². The maximum Gasteiger partial charge on any atom is 0.224 e. The first-order valence-electron chi connectivity index (χ1n) is 7.49. The zero-order chi connectivity index (χ0) is 16.7. The van der Waals surface area contributed by atoms with Crippen molar-refractivity contribution in [3.05, 3.63) is 64.6 Å². The van der Waals surface area contributed by atoms with Crippen molar-refractivity contribution in [2.75, 3.05) is 20.2 Å². The normalized spacial score (nSPS) is 11.3. The number of amides is 1. The summed E-state index contributed by atoms with van der Waals surface area (Å²) in [7, 11) is 1.77. The highest BCUT2D eigenvalue weighted by atomic mass is 79.9. The molecule has 0 spiro atoms.